The first-order chi connectivity index (χ1) is 6.81. The molecular formula is C9H18F2N2O2. The summed E-state index contributed by atoms with van der Waals surface area (Å²) in [5.74, 6) is -0.524. The van der Waals surface area contributed by atoms with Crippen molar-refractivity contribution in [3.05, 3.63) is 0 Å². The van der Waals surface area contributed by atoms with Crippen LogP contribution in [0.3, 0.4) is 0 Å². The van der Waals surface area contributed by atoms with E-state index in [9.17, 15) is 13.6 Å². The van der Waals surface area contributed by atoms with Crippen molar-refractivity contribution in [1.29, 1.82) is 0 Å². The molecule has 90 valence electrons. The molecule has 1 amide bonds. The molecule has 0 spiro atoms. The molecule has 0 bridgehead atoms. The fraction of sp³-hybridized carbons (Fsp3) is 0.889. The Balaban J connectivity index is 4.03. The van der Waals surface area contributed by atoms with Gasteiger partial charge in [-0.3, -0.25) is 4.79 Å². The summed E-state index contributed by atoms with van der Waals surface area (Å²) in [6, 6.07) is 0. The van der Waals surface area contributed by atoms with Gasteiger partial charge < -0.3 is 16.2 Å². The third kappa shape index (κ3) is 5.03. The van der Waals surface area contributed by atoms with Crippen molar-refractivity contribution in [3.63, 3.8) is 0 Å². The van der Waals surface area contributed by atoms with Crippen molar-refractivity contribution in [1.82, 2.24) is 5.32 Å². The number of rotatable bonds is 6. The van der Waals surface area contributed by atoms with Crippen molar-refractivity contribution in [2.75, 3.05) is 6.54 Å². The number of alkyl halides is 2. The fourth-order valence-corrected chi connectivity index (χ4v) is 1.12. The quantitative estimate of drug-likeness (QED) is 0.605. The second-order valence-corrected chi connectivity index (χ2v) is 3.78. The van der Waals surface area contributed by atoms with Gasteiger partial charge in [0.05, 0.1) is 5.54 Å². The molecule has 0 aromatic carbocycles. The fourth-order valence-electron chi connectivity index (χ4n) is 1.12. The van der Waals surface area contributed by atoms with Gasteiger partial charge in [0, 0.05) is 6.54 Å². The lowest BCUT2D eigenvalue weighted by molar-refractivity contribution is -0.127. The van der Waals surface area contributed by atoms with E-state index in [2.05, 4.69) is 5.32 Å². The molecule has 0 heterocycles. The highest BCUT2D eigenvalue weighted by Crippen LogP contribution is 2.08. The van der Waals surface area contributed by atoms with Crippen molar-refractivity contribution in [2.24, 2.45) is 5.73 Å². The van der Waals surface area contributed by atoms with Crippen LogP contribution in [-0.4, -0.2) is 35.6 Å². The molecule has 2 unspecified atom stereocenters. The Bertz CT molecular complexity index is 210. The highest BCUT2D eigenvalue weighted by atomic mass is 19.3. The first-order valence-electron chi connectivity index (χ1n) is 4.84. The second-order valence-electron chi connectivity index (χ2n) is 3.78. The monoisotopic (exact) mass is 224 g/mol. The van der Waals surface area contributed by atoms with E-state index in [1.807, 2.05) is 6.92 Å². The number of aliphatic hydroxyl groups is 1. The van der Waals surface area contributed by atoms with Gasteiger partial charge in [0.15, 0.2) is 0 Å². The summed E-state index contributed by atoms with van der Waals surface area (Å²) in [6.45, 7) is 2.92. The molecule has 0 rings (SSSR count). The molecule has 0 aliphatic heterocycles. The van der Waals surface area contributed by atoms with Crippen molar-refractivity contribution in [2.45, 2.75) is 44.8 Å². The molecule has 15 heavy (non-hydrogen) atoms. The van der Waals surface area contributed by atoms with Crippen LogP contribution in [0.15, 0.2) is 0 Å². The topological polar surface area (TPSA) is 75.4 Å². The Morgan fingerprint density at radius 1 is 1.60 bits per heavy atom. The Kier molecular flexibility index (Phi) is 5.67. The minimum absolute atomic E-state index is 0.462. The summed E-state index contributed by atoms with van der Waals surface area (Å²) >= 11 is 0. The number of nitrogens with one attached hydrogen (secondary N) is 1. The average Bonchev–Trinajstić information content (AvgIpc) is 2.13. The maximum atomic E-state index is 11.9. The van der Waals surface area contributed by atoms with Crippen LogP contribution in [0.4, 0.5) is 8.78 Å². The normalized spacial score (nSPS) is 17.3. The van der Waals surface area contributed by atoms with E-state index in [1.165, 1.54) is 6.92 Å². The minimum Gasteiger partial charge on any atom is -0.385 e. The smallest absolute Gasteiger partial charge is 0.265 e. The van der Waals surface area contributed by atoms with Gasteiger partial charge in [0.2, 0.25) is 5.91 Å². The van der Waals surface area contributed by atoms with E-state index in [0.717, 1.165) is 6.42 Å². The third-order valence-corrected chi connectivity index (χ3v) is 2.05. The molecule has 6 heteroatoms. The van der Waals surface area contributed by atoms with Crippen LogP contribution in [0.1, 0.15) is 26.7 Å². The lowest BCUT2D eigenvalue weighted by atomic mass is 9.96. The molecule has 0 aromatic heterocycles. The molecular weight excluding hydrogens is 206 g/mol. The summed E-state index contributed by atoms with van der Waals surface area (Å²) in [7, 11) is 0. The zero-order valence-electron chi connectivity index (χ0n) is 8.96. The Labute approximate surface area is 87.8 Å². The highest BCUT2D eigenvalue weighted by molar-refractivity contribution is 5.85. The minimum atomic E-state index is -2.86. The number of halogens is 2. The number of hydrogen-bond acceptors (Lipinski definition) is 3. The standard InChI is InChI=1S/C9H18F2N2O2/c1-3-4-9(2,12)8(15)13-5-6(14)7(10)11/h6-7,14H,3-5,12H2,1-2H3,(H,13,15). The number of carbonyl (C=O) groups is 1. The summed E-state index contributed by atoms with van der Waals surface area (Å²) < 4.78 is 23.8. The molecule has 4 N–H and O–H groups in total. The van der Waals surface area contributed by atoms with E-state index < -0.39 is 30.5 Å². The van der Waals surface area contributed by atoms with Crippen LogP contribution in [-0.2, 0) is 4.79 Å². The maximum Gasteiger partial charge on any atom is 0.265 e. The zero-order valence-corrected chi connectivity index (χ0v) is 8.96. The molecule has 0 aliphatic rings. The lowest BCUT2D eigenvalue weighted by Gasteiger charge is -2.23. The lowest BCUT2D eigenvalue weighted by Crippen LogP contribution is -2.53. The average molecular weight is 224 g/mol. The SMILES string of the molecule is CCCC(C)(N)C(=O)NCC(O)C(F)F. The maximum absolute atomic E-state index is 11.9. The molecule has 0 fully saturated rings. The molecule has 0 saturated heterocycles. The van der Waals surface area contributed by atoms with Crippen LogP contribution in [0.25, 0.3) is 0 Å². The largest absolute Gasteiger partial charge is 0.385 e. The molecule has 4 nitrogen and oxygen atoms in total. The van der Waals surface area contributed by atoms with Crippen molar-refractivity contribution < 1.29 is 18.7 Å². The molecule has 2 atom stereocenters. The van der Waals surface area contributed by atoms with Crippen LogP contribution in [0, 0.1) is 0 Å². The first-order valence-corrected chi connectivity index (χ1v) is 4.84. The van der Waals surface area contributed by atoms with Gasteiger partial charge in [-0.2, -0.15) is 0 Å². The van der Waals surface area contributed by atoms with Gasteiger partial charge in [-0.1, -0.05) is 13.3 Å². The molecule has 0 radical (unpaired) electrons. The predicted octanol–water partition coefficient (Wildman–Crippen LogP) is 0.246. The molecule has 0 aliphatic carbocycles. The van der Waals surface area contributed by atoms with Gasteiger partial charge in [0.1, 0.15) is 6.10 Å². The van der Waals surface area contributed by atoms with Crippen LogP contribution in [0.5, 0.6) is 0 Å². The number of aliphatic hydroxyl groups excluding tert-OH is 1. The summed E-state index contributed by atoms with van der Waals surface area (Å²) in [5, 5.41) is 11.0. The summed E-state index contributed by atoms with van der Waals surface area (Å²) in [5.41, 5.74) is 4.58. The van der Waals surface area contributed by atoms with E-state index >= 15 is 0 Å². The number of amides is 1. The van der Waals surface area contributed by atoms with E-state index in [4.69, 9.17) is 10.8 Å². The van der Waals surface area contributed by atoms with Gasteiger partial charge in [0.25, 0.3) is 6.43 Å². The van der Waals surface area contributed by atoms with E-state index in [0.29, 0.717) is 6.42 Å². The zero-order chi connectivity index (χ0) is 12.1. The van der Waals surface area contributed by atoms with E-state index in [1.54, 1.807) is 0 Å². The molecule has 0 saturated carbocycles. The third-order valence-electron chi connectivity index (χ3n) is 2.05. The molecule has 0 aromatic rings. The van der Waals surface area contributed by atoms with Crippen LogP contribution >= 0.6 is 0 Å². The number of carbonyl (C=O) groups excluding carboxylic acids is 1. The second kappa shape index (κ2) is 5.97. The Morgan fingerprint density at radius 3 is 2.53 bits per heavy atom. The highest BCUT2D eigenvalue weighted by Gasteiger charge is 2.28. The van der Waals surface area contributed by atoms with Crippen LogP contribution in [0.2, 0.25) is 0 Å². The van der Waals surface area contributed by atoms with Crippen LogP contribution < -0.4 is 11.1 Å². The predicted molar refractivity (Wildman–Crippen MR) is 52.5 cm³/mol. The van der Waals surface area contributed by atoms with Gasteiger partial charge in [-0.25, -0.2) is 8.78 Å². The number of nitrogens with two attached hydrogens (primary N) is 1. The summed E-state index contributed by atoms with van der Waals surface area (Å²) in [4.78, 5) is 11.4. The Morgan fingerprint density at radius 2 is 2.13 bits per heavy atom. The van der Waals surface area contributed by atoms with Gasteiger partial charge in [-0.15, -0.1) is 0 Å². The van der Waals surface area contributed by atoms with Crippen molar-refractivity contribution >= 4 is 5.91 Å². The first kappa shape index (κ1) is 14.2. The van der Waals surface area contributed by atoms with E-state index in [-0.39, 0.29) is 0 Å². The Hall–Kier alpha value is -0.750. The van der Waals surface area contributed by atoms with Gasteiger partial charge in [-0.05, 0) is 13.3 Å². The van der Waals surface area contributed by atoms with Crippen molar-refractivity contribution in [3.8, 4) is 0 Å². The summed E-state index contributed by atoms with van der Waals surface area (Å²) in [6.07, 6.45) is -3.52. The van der Waals surface area contributed by atoms with Gasteiger partial charge >= 0.3 is 0 Å². The number of hydrogen-bond donors (Lipinski definition) is 3.